The van der Waals surface area contributed by atoms with Crippen molar-refractivity contribution >= 4 is 0 Å². The van der Waals surface area contributed by atoms with Crippen molar-refractivity contribution in [2.24, 2.45) is 0 Å². The molecule has 0 aromatic heterocycles. The standard InChI is InChI=1S/C13H18FN/c1-10-4-3-5-11(8-10)13(2)9-12(14)6-7-15-13/h3-5,8,12,15H,6-7,9H2,1-2H3. The normalized spacial score (nSPS) is 31.5. The second-order valence-electron chi connectivity index (χ2n) is 4.72. The Morgan fingerprint density at radius 1 is 1.47 bits per heavy atom. The van der Waals surface area contributed by atoms with Crippen molar-refractivity contribution in [3.05, 3.63) is 35.4 Å². The van der Waals surface area contributed by atoms with Crippen molar-refractivity contribution in [2.75, 3.05) is 6.54 Å². The molecule has 2 atom stereocenters. The highest BCUT2D eigenvalue weighted by Gasteiger charge is 2.33. The van der Waals surface area contributed by atoms with Crippen molar-refractivity contribution in [1.82, 2.24) is 5.32 Å². The summed E-state index contributed by atoms with van der Waals surface area (Å²) < 4.78 is 13.4. The van der Waals surface area contributed by atoms with Crippen molar-refractivity contribution in [3.8, 4) is 0 Å². The van der Waals surface area contributed by atoms with E-state index in [1.807, 2.05) is 6.07 Å². The molecular weight excluding hydrogens is 189 g/mol. The number of halogens is 1. The van der Waals surface area contributed by atoms with E-state index in [9.17, 15) is 4.39 Å². The van der Waals surface area contributed by atoms with Gasteiger partial charge >= 0.3 is 0 Å². The molecule has 0 saturated carbocycles. The predicted molar refractivity (Wildman–Crippen MR) is 60.7 cm³/mol. The van der Waals surface area contributed by atoms with Crippen molar-refractivity contribution < 1.29 is 4.39 Å². The van der Waals surface area contributed by atoms with Gasteiger partial charge in [0, 0.05) is 12.0 Å². The fourth-order valence-electron chi connectivity index (χ4n) is 2.33. The summed E-state index contributed by atoms with van der Waals surface area (Å²) >= 11 is 0. The lowest BCUT2D eigenvalue weighted by Crippen LogP contribution is -2.47. The lowest BCUT2D eigenvalue weighted by molar-refractivity contribution is 0.165. The first-order valence-corrected chi connectivity index (χ1v) is 5.56. The lowest BCUT2D eigenvalue weighted by atomic mass is 9.83. The SMILES string of the molecule is Cc1cccc(C2(C)CC(F)CCN2)c1. The van der Waals surface area contributed by atoms with Crippen LogP contribution < -0.4 is 5.32 Å². The first-order chi connectivity index (χ1) is 7.10. The van der Waals surface area contributed by atoms with Crippen LogP contribution in [0.5, 0.6) is 0 Å². The highest BCUT2D eigenvalue weighted by molar-refractivity contribution is 5.29. The number of piperidine rings is 1. The van der Waals surface area contributed by atoms with Gasteiger partial charge in [-0.3, -0.25) is 0 Å². The molecule has 1 saturated heterocycles. The Labute approximate surface area is 90.7 Å². The first kappa shape index (κ1) is 10.6. The van der Waals surface area contributed by atoms with E-state index in [-0.39, 0.29) is 5.54 Å². The van der Waals surface area contributed by atoms with E-state index in [0.29, 0.717) is 12.8 Å². The van der Waals surface area contributed by atoms with Gasteiger partial charge in [0.15, 0.2) is 0 Å². The number of benzene rings is 1. The summed E-state index contributed by atoms with van der Waals surface area (Å²) in [4.78, 5) is 0. The Morgan fingerprint density at radius 2 is 2.27 bits per heavy atom. The van der Waals surface area contributed by atoms with Gasteiger partial charge in [0.25, 0.3) is 0 Å². The third-order valence-corrected chi connectivity index (χ3v) is 3.26. The Kier molecular flexibility index (Phi) is 2.79. The van der Waals surface area contributed by atoms with Crippen LogP contribution in [0, 0.1) is 6.92 Å². The van der Waals surface area contributed by atoms with Crippen LogP contribution in [-0.4, -0.2) is 12.7 Å². The molecule has 1 nitrogen and oxygen atoms in total. The monoisotopic (exact) mass is 207 g/mol. The minimum absolute atomic E-state index is 0.191. The molecule has 0 bridgehead atoms. The van der Waals surface area contributed by atoms with Gasteiger partial charge in [-0.1, -0.05) is 29.8 Å². The summed E-state index contributed by atoms with van der Waals surface area (Å²) in [5.74, 6) is 0. The molecule has 82 valence electrons. The van der Waals surface area contributed by atoms with Crippen LogP contribution in [0.1, 0.15) is 30.9 Å². The highest BCUT2D eigenvalue weighted by Crippen LogP contribution is 2.31. The molecule has 1 fully saturated rings. The van der Waals surface area contributed by atoms with Crippen molar-refractivity contribution in [2.45, 2.75) is 38.4 Å². The Bertz CT molecular complexity index is 350. The average Bonchev–Trinajstić information content (AvgIpc) is 2.17. The zero-order valence-corrected chi connectivity index (χ0v) is 9.39. The maximum Gasteiger partial charge on any atom is 0.103 e. The molecule has 0 spiro atoms. The molecular formula is C13H18FN. The van der Waals surface area contributed by atoms with Crippen LogP contribution in [0.4, 0.5) is 4.39 Å². The Balaban J connectivity index is 2.28. The third-order valence-electron chi connectivity index (χ3n) is 3.26. The van der Waals surface area contributed by atoms with Crippen LogP contribution in [0.15, 0.2) is 24.3 Å². The summed E-state index contributed by atoms with van der Waals surface area (Å²) in [7, 11) is 0. The zero-order chi connectivity index (χ0) is 10.9. The van der Waals surface area contributed by atoms with Crippen LogP contribution in [0.25, 0.3) is 0 Å². The largest absolute Gasteiger partial charge is 0.307 e. The molecule has 2 unspecified atom stereocenters. The molecule has 1 aliphatic heterocycles. The maximum atomic E-state index is 13.4. The Morgan fingerprint density at radius 3 is 2.93 bits per heavy atom. The van der Waals surface area contributed by atoms with E-state index in [0.717, 1.165) is 6.54 Å². The van der Waals surface area contributed by atoms with E-state index in [4.69, 9.17) is 0 Å². The minimum Gasteiger partial charge on any atom is -0.307 e. The molecule has 0 aliphatic carbocycles. The van der Waals surface area contributed by atoms with Gasteiger partial charge in [0.05, 0.1) is 0 Å². The van der Waals surface area contributed by atoms with Crippen LogP contribution >= 0.6 is 0 Å². The Hall–Kier alpha value is -0.890. The summed E-state index contributed by atoms with van der Waals surface area (Å²) in [6.07, 6.45) is 0.550. The highest BCUT2D eigenvalue weighted by atomic mass is 19.1. The fourth-order valence-corrected chi connectivity index (χ4v) is 2.33. The second-order valence-corrected chi connectivity index (χ2v) is 4.72. The van der Waals surface area contributed by atoms with E-state index in [1.54, 1.807) is 0 Å². The van der Waals surface area contributed by atoms with Gasteiger partial charge < -0.3 is 5.32 Å². The molecule has 2 rings (SSSR count). The molecule has 1 heterocycles. The van der Waals surface area contributed by atoms with Crippen LogP contribution in [-0.2, 0) is 5.54 Å². The summed E-state index contributed by atoms with van der Waals surface area (Å²) in [6.45, 7) is 4.93. The van der Waals surface area contributed by atoms with Gasteiger partial charge in [0.2, 0.25) is 0 Å². The van der Waals surface area contributed by atoms with E-state index >= 15 is 0 Å². The van der Waals surface area contributed by atoms with Gasteiger partial charge in [-0.05, 0) is 32.4 Å². The maximum absolute atomic E-state index is 13.4. The number of aryl methyl sites for hydroxylation is 1. The van der Waals surface area contributed by atoms with Gasteiger partial charge in [-0.2, -0.15) is 0 Å². The topological polar surface area (TPSA) is 12.0 Å². The smallest absolute Gasteiger partial charge is 0.103 e. The first-order valence-electron chi connectivity index (χ1n) is 5.56. The number of alkyl halides is 1. The molecule has 0 radical (unpaired) electrons. The minimum atomic E-state index is -0.670. The summed E-state index contributed by atoms with van der Waals surface area (Å²) in [5.41, 5.74) is 2.24. The third kappa shape index (κ3) is 2.20. The average molecular weight is 207 g/mol. The predicted octanol–water partition coefficient (Wildman–Crippen LogP) is 2.93. The van der Waals surface area contributed by atoms with Gasteiger partial charge in [-0.25, -0.2) is 4.39 Å². The number of hydrogen-bond acceptors (Lipinski definition) is 1. The van der Waals surface area contributed by atoms with E-state index in [2.05, 4.69) is 37.4 Å². The molecule has 1 aliphatic rings. The number of nitrogens with one attached hydrogen (secondary N) is 1. The molecule has 1 aromatic rings. The second kappa shape index (κ2) is 3.93. The van der Waals surface area contributed by atoms with E-state index in [1.165, 1.54) is 11.1 Å². The number of rotatable bonds is 1. The van der Waals surface area contributed by atoms with Gasteiger partial charge in [0.1, 0.15) is 6.17 Å². The van der Waals surface area contributed by atoms with Crippen LogP contribution in [0.3, 0.4) is 0 Å². The van der Waals surface area contributed by atoms with Gasteiger partial charge in [-0.15, -0.1) is 0 Å². The van der Waals surface area contributed by atoms with Crippen molar-refractivity contribution in [3.63, 3.8) is 0 Å². The molecule has 1 aromatic carbocycles. The number of hydrogen-bond donors (Lipinski definition) is 1. The quantitative estimate of drug-likeness (QED) is 0.746. The summed E-state index contributed by atoms with van der Waals surface area (Å²) in [6, 6.07) is 8.34. The molecule has 2 heteroatoms. The molecule has 1 N–H and O–H groups in total. The lowest BCUT2D eigenvalue weighted by Gasteiger charge is -2.37. The van der Waals surface area contributed by atoms with Crippen molar-refractivity contribution in [1.29, 1.82) is 0 Å². The molecule has 0 amide bonds. The molecule has 15 heavy (non-hydrogen) atoms. The fraction of sp³-hybridized carbons (Fsp3) is 0.538. The van der Waals surface area contributed by atoms with E-state index < -0.39 is 6.17 Å². The summed E-state index contributed by atoms with van der Waals surface area (Å²) in [5, 5.41) is 3.43. The van der Waals surface area contributed by atoms with Crippen LogP contribution in [0.2, 0.25) is 0 Å². The zero-order valence-electron chi connectivity index (χ0n) is 9.39.